The van der Waals surface area contributed by atoms with Gasteiger partial charge in [0.25, 0.3) is 5.91 Å². The number of nitrogen functional groups attached to an aromatic ring is 1. The maximum atomic E-state index is 12.3. The number of likely N-dealkylation sites (tertiary alicyclic amines) is 1. The summed E-state index contributed by atoms with van der Waals surface area (Å²) in [6, 6.07) is 9.20. The van der Waals surface area contributed by atoms with Gasteiger partial charge in [-0.25, -0.2) is 4.68 Å². The minimum absolute atomic E-state index is 0.0111. The van der Waals surface area contributed by atoms with Gasteiger partial charge >= 0.3 is 0 Å². The quantitative estimate of drug-likeness (QED) is 0.848. The Morgan fingerprint density at radius 3 is 2.95 bits per heavy atom. The van der Waals surface area contributed by atoms with Crippen LogP contribution in [-0.2, 0) is 0 Å². The van der Waals surface area contributed by atoms with Crippen molar-refractivity contribution in [3.63, 3.8) is 0 Å². The van der Waals surface area contributed by atoms with Gasteiger partial charge in [0, 0.05) is 25.0 Å². The largest absolute Gasteiger partial charge is 0.399 e. The number of nitrogens with two attached hydrogens (primary N) is 1. The van der Waals surface area contributed by atoms with Crippen LogP contribution in [0.1, 0.15) is 23.8 Å². The van der Waals surface area contributed by atoms with Crippen LogP contribution < -0.4 is 5.73 Å². The first-order chi connectivity index (χ1) is 9.63. The van der Waals surface area contributed by atoms with Crippen molar-refractivity contribution in [3.05, 3.63) is 42.2 Å². The number of amides is 1. The molecule has 1 atom stereocenters. The van der Waals surface area contributed by atoms with Crippen LogP contribution in [0.5, 0.6) is 0 Å². The molecule has 2 heterocycles. The third-order valence-electron chi connectivity index (χ3n) is 3.65. The van der Waals surface area contributed by atoms with Crippen LogP contribution >= 0.6 is 0 Å². The molecule has 1 aliphatic rings. The average Bonchev–Trinajstić information content (AvgIpc) is 3.07. The lowest BCUT2D eigenvalue weighted by Crippen LogP contribution is -2.28. The summed E-state index contributed by atoms with van der Waals surface area (Å²) in [5.74, 6) is 0.590. The number of hydrogen-bond donors (Lipinski definition) is 1. The summed E-state index contributed by atoms with van der Waals surface area (Å²) in [6.45, 7) is 3.81. The number of carbonyl (C=O) groups excluding carboxylic acids is 1. The molecule has 0 spiro atoms. The van der Waals surface area contributed by atoms with Crippen LogP contribution in [0, 0.1) is 5.92 Å². The van der Waals surface area contributed by atoms with Gasteiger partial charge in [-0.1, -0.05) is 13.0 Å². The van der Waals surface area contributed by atoms with Crippen LogP contribution in [0.3, 0.4) is 0 Å². The van der Waals surface area contributed by atoms with E-state index in [1.54, 1.807) is 16.9 Å². The van der Waals surface area contributed by atoms with Gasteiger partial charge in [-0.2, -0.15) is 5.10 Å². The lowest BCUT2D eigenvalue weighted by molar-refractivity contribution is 0.0782. The van der Waals surface area contributed by atoms with Gasteiger partial charge in [0.15, 0.2) is 5.69 Å². The molecule has 1 aromatic carbocycles. The van der Waals surface area contributed by atoms with E-state index in [-0.39, 0.29) is 5.91 Å². The monoisotopic (exact) mass is 270 g/mol. The minimum Gasteiger partial charge on any atom is -0.399 e. The number of nitrogens with zero attached hydrogens (tertiary/aromatic N) is 3. The van der Waals surface area contributed by atoms with E-state index in [2.05, 4.69) is 12.0 Å². The van der Waals surface area contributed by atoms with Crippen molar-refractivity contribution >= 4 is 11.6 Å². The van der Waals surface area contributed by atoms with E-state index in [9.17, 15) is 4.79 Å². The van der Waals surface area contributed by atoms with Crippen molar-refractivity contribution < 1.29 is 4.79 Å². The summed E-state index contributed by atoms with van der Waals surface area (Å²) in [5.41, 5.74) is 7.79. The second kappa shape index (κ2) is 5.00. The number of aromatic nitrogens is 2. The van der Waals surface area contributed by atoms with Crippen molar-refractivity contribution in [3.8, 4) is 5.69 Å². The molecule has 104 valence electrons. The van der Waals surface area contributed by atoms with Crippen molar-refractivity contribution in [1.29, 1.82) is 0 Å². The highest BCUT2D eigenvalue weighted by Gasteiger charge is 2.25. The molecule has 2 aromatic rings. The van der Waals surface area contributed by atoms with Gasteiger partial charge in [0.1, 0.15) is 0 Å². The van der Waals surface area contributed by atoms with Gasteiger partial charge in [0.05, 0.1) is 5.69 Å². The molecule has 1 fully saturated rings. The molecular weight excluding hydrogens is 252 g/mol. The Morgan fingerprint density at radius 1 is 1.40 bits per heavy atom. The van der Waals surface area contributed by atoms with Gasteiger partial charge < -0.3 is 10.6 Å². The molecule has 20 heavy (non-hydrogen) atoms. The SMILES string of the molecule is CC1CCN(C(=O)c2ccn(-c3cccc(N)c3)n2)C1. The summed E-state index contributed by atoms with van der Waals surface area (Å²) in [5, 5.41) is 4.36. The number of carbonyl (C=O) groups is 1. The van der Waals surface area contributed by atoms with Crippen molar-refractivity contribution in [2.45, 2.75) is 13.3 Å². The predicted octanol–water partition coefficient (Wildman–Crippen LogP) is 1.94. The minimum atomic E-state index is 0.0111. The van der Waals surface area contributed by atoms with Crippen LogP contribution in [0.2, 0.25) is 0 Å². The molecule has 1 aliphatic heterocycles. The third kappa shape index (κ3) is 2.39. The fraction of sp³-hybridized carbons (Fsp3) is 0.333. The third-order valence-corrected chi connectivity index (χ3v) is 3.65. The van der Waals surface area contributed by atoms with E-state index in [1.807, 2.05) is 29.2 Å². The van der Waals surface area contributed by atoms with Gasteiger partial charge in [-0.3, -0.25) is 4.79 Å². The highest BCUT2D eigenvalue weighted by Crippen LogP contribution is 2.18. The zero-order valence-electron chi connectivity index (χ0n) is 11.5. The van der Waals surface area contributed by atoms with E-state index in [0.717, 1.165) is 25.2 Å². The van der Waals surface area contributed by atoms with E-state index in [0.29, 0.717) is 17.3 Å². The zero-order chi connectivity index (χ0) is 14.1. The molecule has 1 saturated heterocycles. The zero-order valence-corrected chi connectivity index (χ0v) is 11.5. The maximum absolute atomic E-state index is 12.3. The first-order valence-electron chi connectivity index (χ1n) is 6.84. The van der Waals surface area contributed by atoms with E-state index >= 15 is 0 Å². The van der Waals surface area contributed by atoms with Crippen molar-refractivity contribution in [2.24, 2.45) is 5.92 Å². The van der Waals surface area contributed by atoms with Crippen LogP contribution in [-0.4, -0.2) is 33.7 Å². The highest BCUT2D eigenvalue weighted by molar-refractivity contribution is 5.92. The second-order valence-corrected chi connectivity index (χ2v) is 5.39. The normalized spacial score (nSPS) is 18.4. The average molecular weight is 270 g/mol. The molecule has 0 radical (unpaired) electrons. The Labute approximate surface area is 118 Å². The van der Waals surface area contributed by atoms with Gasteiger partial charge in [-0.15, -0.1) is 0 Å². The summed E-state index contributed by atoms with van der Waals surface area (Å²) in [6.07, 6.45) is 2.86. The highest BCUT2D eigenvalue weighted by atomic mass is 16.2. The first-order valence-corrected chi connectivity index (χ1v) is 6.84. The van der Waals surface area contributed by atoms with Gasteiger partial charge in [0.2, 0.25) is 0 Å². The van der Waals surface area contributed by atoms with E-state index in [1.165, 1.54) is 0 Å². The molecule has 1 aromatic heterocycles. The first kappa shape index (κ1) is 12.7. The number of rotatable bonds is 2. The Morgan fingerprint density at radius 2 is 2.25 bits per heavy atom. The molecule has 1 amide bonds. The van der Waals surface area contributed by atoms with E-state index in [4.69, 9.17) is 5.73 Å². The number of anilines is 1. The standard InChI is InChI=1S/C15H18N4O/c1-11-5-7-18(10-11)15(20)14-6-8-19(17-14)13-4-2-3-12(16)9-13/h2-4,6,8-9,11H,5,7,10,16H2,1H3. The van der Waals surface area contributed by atoms with Crippen LogP contribution in [0.15, 0.2) is 36.5 Å². The topological polar surface area (TPSA) is 64.2 Å². The Kier molecular flexibility index (Phi) is 3.18. The fourth-order valence-electron chi connectivity index (χ4n) is 2.53. The number of benzene rings is 1. The lowest BCUT2D eigenvalue weighted by atomic mass is 10.2. The molecule has 0 aliphatic carbocycles. The maximum Gasteiger partial charge on any atom is 0.274 e. The summed E-state index contributed by atoms with van der Waals surface area (Å²) < 4.78 is 1.68. The number of hydrogen-bond acceptors (Lipinski definition) is 3. The van der Waals surface area contributed by atoms with Crippen LogP contribution in [0.4, 0.5) is 5.69 Å². The molecular formula is C15H18N4O. The molecule has 0 saturated carbocycles. The second-order valence-electron chi connectivity index (χ2n) is 5.39. The Balaban J connectivity index is 1.81. The van der Waals surface area contributed by atoms with Crippen molar-refractivity contribution in [2.75, 3.05) is 18.8 Å². The summed E-state index contributed by atoms with van der Waals surface area (Å²) >= 11 is 0. The molecule has 5 nitrogen and oxygen atoms in total. The predicted molar refractivity (Wildman–Crippen MR) is 77.7 cm³/mol. The Hall–Kier alpha value is -2.30. The molecule has 2 N–H and O–H groups in total. The van der Waals surface area contributed by atoms with Gasteiger partial charge in [-0.05, 0) is 36.6 Å². The Bertz CT molecular complexity index is 634. The molecule has 5 heteroatoms. The fourth-order valence-corrected chi connectivity index (χ4v) is 2.53. The molecule has 0 bridgehead atoms. The van der Waals surface area contributed by atoms with E-state index < -0.39 is 0 Å². The lowest BCUT2D eigenvalue weighted by Gasteiger charge is -2.13. The molecule has 3 rings (SSSR count). The van der Waals surface area contributed by atoms with Crippen molar-refractivity contribution in [1.82, 2.24) is 14.7 Å². The summed E-state index contributed by atoms with van der Waals surface area (Å²) in [4.78, 5) is 14.2. The van der Waals surface area contributed by atoms with Crippen LogP contribution in [0.25, 0.3) is 5.69 Å². The smallest absolute Gasteiger partial charge is 0.274 e. The molecule has 1 unspecified atom stereocenters. The summed E-state index contributed by atoms with van der Waals surface area (Å²) in [7, 11) is 0.